The highest BCUT2D eigenvalue weighted by atomic mass is 15.1. The zero-order valence-electron chi connectivity index (χ0n) is 13.0. The Bertz CT molecular complexity index is 651. The van der Waals surface area contributed by atoms with Crippen molar-refractivity contribution >= 4 is 0 Å². The molecule has 0 N–H and O–H groups in total. The first-order valence-electron chi connectivity index (χ1n) is 7.73. The van der Waals surface area contributed by atoms with E-state index >= 15 is 0 Å². The zero-order valence-corrected chi connectivity index (χ0v) is 13.0. The van der Waals surface area contributed by atoms with Crippen molar-refractivity contribution in [2.45, 2.75) is 52.5 Å². The van der Waals surface area contributed by atoms with Gasteiger partial charge in [-0.1, -0.05) is 32.0 Å². The lowest BCUT2D eigenvalue weighted by molar-refractivity contribution is -0.758. The minimum absolute atomic E-state index is 0.238. The summed E-state index contributed by atoms with van der Waals surface area (Å²) in [4.78, 5) is 0. The highest BCUT2D eigenvalue weighted by molar-refractivity contribution is 5.66. The molecule has 1 aliphatic heterocycles. The molecule has 0 radical (unpaired) electrons. The maximum Gasteiger partial charge on any atom is 0.216 e. The first-order valence-corrected chi connectivity index (χ1v) is 7.73. The zero-order chi connectivity index (χ0) is 14.3. The molecular weight excluding hydrogens is 242 g/mol. The highest BCUT2D eigenvalue weighted by Gasteiger charge is 2.44. The third-order valence-corrected chi connectivity index (χ3v) is 5.28. The molecular formula is C19H24N+. The van der Waals surface area contributed by atoms with Crippen LogP contribution in [0.25, 0.3) is 11.3 Å². The molecule has 0 amide bonds. The number of nitrogens with zero attached hydrogens (tertiary/aromatic N) is 1. The van der Waals surface area contributed by atoms with Gasteiger partial charge in [-0.05, 0) is 31.0 Å². The fraction of sp³-hybridized carbons (Fsp3) is 0.421. The number of benzene rings is 1. The molecule has 2 heterocycles. The van der Waals surface area contributed by atoms with E-state index in [1.165, 1.54) is 40.8 Å². The number of rotatable bonds is 2. The monoisotopic (exact) mass is 266 g/mol. The largest absolute Gasteiger partial charge is 0.216 e. The van der Waals surface area contributed by atoms with Crippen LogP contribution in [0.2, 0.25) is 0 Å². The topological polar surface area (TPSA) is 3.88 Å². The van der Waals surface area contributed by atoms with Crippen molar-refractivity contribution in [1.29, 1.82) is 0 Å². The Morgan fingerprint density at radius 3 is 2.45 bits per heavy atom. The smallest absolute Gasteiger partial charge is 0.192 e. The van der Waals surface area contributed by atoms with Crippen molar-refractivity contribution < 1.29 is 4.57 Å². The summed E-state index contributed by atoms with van der Waals surface area (Å²) >= 11 is 0. The lowest BCUT2D eigenvalue weighted by atomic mass is 9.78. The average Bonchev–Trinajstić information content (AvgIpc) is 2.49. The third kappa shape index (κ3) is 1.72. The molecule has 1 heteroatoms. The highest BCUT2D eigenvalue weighted by Crippen LogP contribution is 2.37. The predicted octanol–water partition coefficient (Wildman–Crippen LogP) is 4.33. The van der Waals surface area contributed by atoms with Crippen LogP contribution in [0, 0.1) is 13.8 Å². The number of aryl methyl sites for hydroxylation is 1. The summed E-state index contributed by atoms with van der Waals surface area (Å²) < 4.78 is 2.55. The van der Waals surface area contributed by atoms with E-state index in [2.05, 4.69) is 68.8 Å². The molecule has 104 valence electrons. The molecule has 20 heavy (non-hydrogen) atoms. The van der Waals surface area contributed by atoms with E-state index in [1.54, 1.807) is 0 Å². The van der Waals surface area contributed by atoms with Gasteiger partial charge in [0, 0.05) is 36.5 Å². The van der Waals surface area contributed by atoms with E-state index in [0.29, 0.717) is 0 Å². The fourth-order valence-corrected chi connectivity index (χ4v) is 3.67. The van der Waals surface area contributed by atoms with Crippen molar-refractivity contribution in [1.82, 2.24) is 0 Å². The van der Waals surface area contributed by atoms with E-state index in [-0.39, 0.29) is 5.54 Å². The van der Waals surface area contributed by atoms with Crippen LogP contribution in [-0.4, -0.2) is 0 Å². The Hall–Kier alpha value is -1.63. The van der Waals surface area contributed by atoms with Gasteiger partial charge in [0.1, 0.15) is 0 Å². The number of aromatic nitrogens is 1. The SMILES string of the molecule is CCC1(CC)Cc2ccccc2-c2c(C)c(C)cc[n+]21. The maximum atomic E-state index is 2.55. The first kappa shape index (κ1) is 13.4. The minimum Gasteiger partial charge on any atom is -0.192 e. The molecule has 2 aromatic rings. The van der Waals surface area contributed by atoms with Gasteiger partial charge in [-0.2, -0.15) is 4.57 Å². The molecule has 1 nitrogen and oxygen atoms in total. The molecule has 0 atom stereocenters. The standard InChI is InChI=1S/C19H24N/c1-5-19(6-2)13-16-9-7-8-10-17(16)18-15(4)14(3)11-12-20(18)19/h7-12H,5-6,13H2,1-4H3/q+1. The van der Waals surface area contributed by atoms with Crippen molar-refractivity contribution in [3.63, 3.8) is 0 Å². The Balaban J connectivity index is 2.38. The fourth-order valence-electron chi connectivity index (χ4n) is 3.67. The quantitative estimate of drug-likeness (QED) is 0.712. The van der Waals surface area contributed by atoms with Crippen molar-refractivity contribution in [2.24, 2.45) is 0 Å². The van der Waals surface area contributed by atoms with Crippen molar-refractivity contribution in [3.8, 4) is 11.3 Å². The number of hydrogen-bond donors (Lipinski definition) is 0. The van der Waals surface area contributed by atoms with E-state index in [4.69, 9.17) is 0 Å². The summed E-state index contributed by atoms with van der Waals surface area (Å²) in [5.74, 6) is 0. The Labute approximate surface area is 122 Å². The van der Waals surface area contributed by atoms with Gasteiger partial charge in [-0.25, -0.2) is 0 Å². The molecule has 1 aliphatic rings. The molecule has 0 bridgehead atoms. The summed E-state index contributed by atoms with van der Waals surface area (Å²) in [6, 6.07) is 11.2. The van der Waals surface area contributed by atoms with E-state index in [0.717, 1.165) is 6.42 Å². The average molecular weight is 266 g/mol. The van der Waals surface area contributed by atoms with Gasteiger partial charge in [0.2, 0.25) is 5.69 Å². The summed E-state index contributed by atoms with van der Waals surface area (Å²) in [7, 11) is 0. The van der Waals surface area contributed by atoms with Crippen LogP contribution < -0.4 is 4.57 Å². The molecule has 0 saturated heterocycles. The van der Waals surface area contributed by atoms with Gasteiger partial charge >= 0.3 is 0 Å². The molecule has 3 rings (SSSR count). The first-order chi connectivity index (χ1) is 9.63. The Kier molecular flexibility index (Phi) is 3.16. The molecule has 0 saturated carbocycles. The summed E-state index contributed by atoms with van der Waals surface area (Å²) in [6.45, 7) is 9.12. The van der Waals surface area contributed by atoms with Crippen LogP contribution in [0.4, 0.5) is 0 Å². The van der Waals surface area contributed by atoms with Gasteiger partial charge in [0.05, 0.1) is 0 Å². The van der Waals surface area contributed by atoms with Crippen LogP contribution in [0.15, 0.2) is 36.5 Å². The minimum atomic E-state index is 0.238. The lowest BCUT2D eigenvalue weighted by Crippen LogP contribution is -2.60. The molecule has 1 aromatic heterocycles. The number of pyridine rings is 1. The van der Waals surface area contributed by atoms with Crippen LogP contribution in [-0.2, 0) is 12.0 Å². The summed E-state index contributed by atoms with van der Waals surface area (Å²) in [6.07, 6.45) is 5.81. The second-order valence-electron chi connectivity index (χ2n) is 6.11. The molecule has 0 unspecified atom stereocenters. The normalized spacial score (nSPS) is 15.6. The van der Waals surface area contributed by atoms with Crippen LogP contribution in [0.5, 0.6) is 0 Å². The van der Waals surface area contributed by atoms with Gasteiger partial charge in [-0.3, -0.25) is 0 Å². The Morgan fingerprint density at radius 2 is 1.75 bits per heavy atom. The van der Waals surface area contributed by atoms with Crippen molar-refractivity contribution in [3.05, 3.63) is 53.2 Å². The van der Waals surface area contributed by atoms with E-state index < -0.39 is 0 Å². The number of hydrogen-bond acceptors (Lipinski definition) is 0. The molecule has 1 aromatic carbocycles. The summed E-state index contributed by atoms with van der Waals surface area (Å²) in [5, 5.41) is 0. The van der Waals surface area contributed by atoms with Gasteiger partial charge < -0.3 is 0 Å². The van der Waals surface area contributed by atoms with Gasteiger partial charge in [0.15, 0.2) is 11.7 Å². The maximum absolute atomic E-state index is 2.55. The third-order valence-electron chi connectivity index (χ3n) is 5.28. The van der Waals surface area contributed by atoms with Gasteiger partial charge in [0.25, 0.3) is 0 Å². The van der Waals surface area contributed by atoms with E-state index in [1.807, 2.05) is 0 Å². The molecule has 0 aliphatic carbocycles. The Morgan fingerprint density at radius 1 is 1.05 bits per heavy atom. The lowest BCUT2D eigenvalue weighted by Gasteiger charge is -2.33. The second kappa shape index (κ2) is 4.73. The van der Waals surface area contributed by atoms with Crippen LogP contribution in [0.1, 0.15) is 43.4 Å². The van der Waals surface area contributed by atoms with Gasteiger partial charge in [-0.15, -0.1) is 0 Å². The molecule has 0 spiro atoms. The summed E-state index contributed by atoms with van der Waals surface area (Å²) in [5.41, 5.74) is 7.40. The van der Waals surface area contributed by atoms with E-state index in [9.17, 15) is 0 Å². The second-order valence-corrected chi connectivity index (χ2v) is 6.11. The van der Waals surface area contributed by atoms with Crippen LogP contribution >= 0.6 is 0 Å². The van der Waals surface area contributed by atoms with Crippen LogP contribution in [0.3, 0.4) is 0 Å². The molecule has 0 fully saturated rings. The predicted molar refractivity (Wildman–Crippen MR) is 83.8 cm³/mol. The van der Waals surface area contributed by atoms with Crippen molar-refractivity contribution in [2.75, 3.05) is 0 Å². The number of fused-ring (bicyclic) bond motifs is 3.